The van der Waals surface area contributed by atoms with Gasteiger partial charge in [0.1, 0.15) is 0 Å². The average Bonchev–Trinajstić information content (AvgIpc) is 2.16. The molecule has 0 bridgehead atoms. The molecule has 14 heavy (non-hydrogen) atoms. The van der Waals surface area contributed by atoms with E-state index in [1.165, 1.54) is 7.11 Å². The van der Waals surface area contributed by atoms with Gasteiger partial charge in [-0.05, 0) is 12.5 Å². The highest BCUT2D eigenvalue weighted by Gasteiger charge is 2.07. The summed E-state index contributed by atoms with van der Waals surface area (Å²) in [6.07, 6.45) is 2.34. The van der Waals surface area contributed by atoms with Gasteiger partial charge in [0.05, 0.1) is 6.61 Å². The number of esters is 1. The van der Waals surface area contributed by atoms with E-state index in [4.69, 9.17) is 9.47 Å². The number of carbonyl (C=O) groups excluding carboxylic acids is 1. The monoisotopic (exact) mass is 205 g/mol. The molecule has 0 saturated heterocycles. The minimum absolute atomic E-state index is 0. The fourth-order valence-corrected chi connectivity index (χ4v) is 0.761. The van der Waals surface area contributed by atoms with Crippen LogP contribution in [0.25, 0.3) is 0 Å². The average molecular weight is 205 g/mol. The van der Waals surface area contributed by atoms with E-state index in [0.717, 1.165) is 0 Å². The van der Waals surface area contributed by atoms with E-state index in [-0.39, 0.29) is 18.9 Å². The Kier molecular flexibility index (Phi) is 11.3. The molecule has 0 heterocycles. The third-order valence-corrected chi connectivity index (χ3v) is 1.45. The highest BCUT2D eigenvalue weighted by Crippen LogP contribution is 2.03. The smallest absolute Gasteiger partial charge is 0.335 e. The van der Waals surface area contributed by atoms with Crippen molar-refractivity contribution in [1.82, 2.24) is 6.15 Å². The third-order valence-electron chi connectivity index (χ3n) is 1.45. The van der Waals surface area contributed by atoms with Crippen molar-refractivity contribution in [2.24, 2.45) is 0 Å². The number of carbonyl (C=O) groups is 1. The maximum atomic E-state index is 11.2. The first-order valence-corrected chi connectivity index (χ1v) is 4.10. The summed E-state index contributed by atoms with van der Waals surface area (Å²) in [4.78, 5) is 11.2. The molecule has 0 aromatic rings. The zero-order valence-electron chi connectivity index (χ0n) is 9.04. The van der Waals surface area contributed by atoms with Gasteiger partial charge >= 0.3 is 5.97 Å². The van der Waals surface area contributed by atoms with Crippen molar-refractivity contribution in [3.8, 4) is 0 Å². The first-order valence-electron chi connectivity index (χ1n) is 4.10. The molecule has 0 atom stereocenters. The molecule has 0 aromatic carbocycles. The summed E-state index contributed by atoms with van der Waals surface area (Å²) in [6.45, 7) is 2.30. The molecule has 0 rings (SSSR count). The molecule has 0 unspecified atom stereocenters. The van der Waals surface area contributed by atoms with Crippen molar-refractivity contribution < 1.29 is 19.0 Å². The summed E-state index contributed by atoms with van der Waals surface area (Å²) in [6, 6.07) is 0. The Morgan fingerprint density at radius 1 is 1.29 bits per heavy atom. The first kappa shape index (κ1) is 15.6. The van der Waals surface area contributed by atoms with Gasteiger partial charge in [-0.3, -0.25) is 0 Å². The number of rotatable bonds is 6. The fraction of sp³-hybridized carbons (Fsp3) is 0.667. The first-order chi connectivity index (χ1) is 6.26. The van der Waals surface area contributed by atoms with Gasteiger partial charge in [0, 0.05) is 19.8 Å². The predicted octanol–water partition coefficient (Wildman–Crippen LogP) is 1.28. The number of ether oxygens (including phenoxy) is 3. The largest absolute Gasteiger partial charge is 0.435 e. The summed E-state index contributed by atoms with van der Waals surface area (Å²) < 4.78 is 14.2. The molecule has 84 valence electrons. The second kappa shape index (κ2) is 10.2. The molecule has 3 N–H and O–H groups in total. The SMILES string of the molecule is CCC(=CCOC)C(=O)OCOC.N. The molecule has 5 heteroatoms. The number of hydrogen-bond acceptors (Lipinski definition) is 5. The molecule has 0 spiro atoms. The van der Waals surface area contributed by atoms with Gasteiger partial charge in [0.25, 0.3) is 0 Å². The van der Waals surface area contributed by atoms with Gasteiger partial charge < -0.3 is 20.4 Å². The molecule has 0 fully saturated rings. The van der Waals surface area contributed by atoms with Crippen LogP contribution in [-0.2, 0) is 19.0 Å². The van der Waals surface area contributed by atoms with E-state index in [1.807, 2.05) is 6.92 Å². The minimum atomic E-state index is -0.346. The fourth-order valence-electron chi connectivity index (χ4n) is 0.761. The standard InChI is InChI=1S/C9H16O4.H3N/c1-4-8(5-6-11-2)9(10)13-7-12-3;/h5H,4,6-7H2,1-3H3;1H3. The van der Waals surface area contributed by atoms with E-state index < -0.39 is 0 Å². The van der Waals surface area contributed by atoms with Crippen LogP contribution in [0.5, 0.6) is 0 Å². The zero-order valence-corrected chi connectivity index (χ0v) is 9.04. The van der Waals surface area contributed by atoms with Crippen LogP contribution in [0.4, 0.5) is 0 Å². The van der Waals surface area contributed by atoms with Gasteiger partial charge in [-0.2, -0.15) is 0 Å². The summed E-state index contributed by atoms with van der Waals surface area (Å²) in [7, 11) is 3.04. The predicted molar refractivity (Wildman–Crippen MR) is 53.2 cm³/mol. The molecule has 0 radical (unpaired) electrons. The molecular formula is C9H19NO4. The van der Waals surface area contributed by atoms with Crippen LogP contribution in [-0.4, -0.2) is 33.6 Å². The van der Waals surface area contributed by atoms with Gasteiger partial charge in [-0.25, -0.2) is 4.79 Å². The highest BCUT2D eigenvalue weighted by atomic mass is 16.7. The Balaban J connectivity index is 0. The lowest BCUT2D eigenvalue weighted by Crippen LogP contribution is -2.10. The minimum Gasteiger partial charge on any atom is -0.435 e. The van der Waals surface area contributed by atoms with E-state index in [1.54, 1.807) is 13.2 Å². The number of hydrogen-bond donors (Lipinski definition) is 1. The lowest BCUT2D eigenvalue weighted by molar-refractivity contribution is -0.149. The Bertz CT molecular complexity index is 180. The Hall–Kier alpha value is -0.910. The summed E-state index contributed by atoms with van der Waals surface area (Å²) in [5.41, 5.74) is 0.610. The van der Waals surface area contributed by atoms with Crippen molar-refractivity contribution in [3.63, 3.8) is 0 Å². The van der Waals surface area contributed by atoms with Crippen LogP contribution in [0.1, 0.15) is 13.3 Å². The maximum absolute atomic E-state index is 11.2. The molecule has 0 aliphatic heterocycles. The van der Waals surface area contributed by atoms with Crippen LogP contribution in [0.3, 0.4) is 0 Å². The topological polar surface area (TPSA) is 79.8 Å². The quantitative estimate of drug-likeness (QED) is 0.401. The van der Waals surface area contributed by atoms with Crippen LogP contribution >= 0.6 is 0 Å². The summed E-state index contributed by atoms with van der Waals surface area (Å²) >= 11 is 0. The van der Waals surface area contributed by atoms with Crippen LogP contribution < -0.4 is 6.15 Å². The van der Waals surface area contributed by atoms with E-state index in [2.05, 4.69) is 4.74 Å². The molecule has 0 amide bonds. The van der Waals surface area contributed by atoms with E-state index in [9.17, 15) is 4.79 Å². The van der Waals surface area contributed by atoms with Crippen LogP contribution in [0.2, 0.25) is 0 Å². The second-order valence-electron chi connectivity index (χ2n) is 2.38. The zero-order chi connectivity index (χ0) is 10.1. The molecule has 0 aromatic heterocycles. The second-order valence-corrected chi connectivity index (χ2v) is 2.38. The van der Waals surface area contributed by atoms with Crippen LogP contribution in [0, 0.1) is 0 Å². The highest BCUT2D eigenvalue weighted by molar-refractivity contribution is 5.88. The van der Waals surface area contributed by atoms with Crippen LogP contribution in [0.15, 0.2) is 11.6 Å². The lowest BCUT2D eigenvalue weighted by Gasteiger charge is -2.04. The normalized spacial score (nSPS) is 10.6. The Morgan fingerprint density at radius 3 is 2.36 bits per heavy atom. The maximum Gasteiger partial charge on any atom is 0.335 e. The van der Waals surface area contributed by atoms with Gasteiger partial charge in [-0.1, -0.05) is 6.92 Å². The molecule has 0 aliphatic rings. The summed E-state index contributed by atoms with van der Waals surface area (Å²) in [5, 5.41) is 0. The van der Waals surface area contributed by atoms with Crippen molar-refractivity contribution in [2.75, 3.05) is 27.6 Å². The van der Waals surface area contributed by atoms with Gasteiger partial charge in [-0.15, -0.1) is 0 Å². The Morgan fingerprint density at radius 2 is 1.93 bits per heavy atom. The summed E-state index contributed by atoms with van der Waals surface area (Å²) in [5.74, 6) is -0.346. The van der Waals surface area contributed by atoms with Crippen molar-refractivity contribution >= 4 is 5.97 Å². The van der Waals surface area contributed by atoms with Gasteiger partial charge in [0.2, 0.25) is 0 Å². The Labute approximate surface area is 84.6 Å². The van der Waals surface area contributed by atoms with Crippen molar-refractivity contribution in [2.45, 2.75) is 13.3 Å². The van der Waals surface area contributed by atoms with Crippen molar-refractivity contribution in [1.29, 1.82) is 0 Å². The van der Waals surface area contributed by atoms with E-state index >= 15 is 0 Å². The van der Waals surface area contributed by atoms with E-state index in [0.29, 0.717) is 18.6 Å². The molecule has 0 aliphatic carbocycles. The number of methoxy groups -OCH3 is 2. The van der Waals surface area contributed by atoms with Crippen molar-refractivity contribution in [3.05, 3.63) is 11.6 Å². The molecule has 5 nitrogen and oxygen atoms in total. The molecule has 0 saturated carbocycles. The van der Waals surface area contributed by atoms with Gasteiger partial charge in [0.15, 0.2) is 6.79 Å². The third kappa shape index (κ3) is 6.59. The lowest BCUT2D eigenvalue weighted by atomic mass is 10.2. The molecular weight excluding hydrogens is 186 g/mol.